The number of carboxylic acid groups (broad SMARTS) is 1. The Labute approximate surface area is 127 Å². The molecule has 0 bridgehead atoms. The fourth-order valence-corrected chi connectivity index (χ4v) is 1.91. The zero-order valence-electron chi connectivity index (χ0n) is 12.3. The maximum Gasteiger partial charge on any atom is 0.323 e. The van der Waals surface area contributed by atoms with Crippen LogP contribution in [0.2, 0.25) is 0 Å². The smallest absolute Gasteiger partial charge is 0.323 e. The Balaban J connectivity index is 2.47. The zero-order chi connectivity index (χ0) is 16.5. The second-order valence-electron chi connectivity index (χ2n) is 4.79. The molecule has 0 spiro atoms. The maximum absolute atomic E-state index is 13.0. The summed E-state index contributed by atoms with van der Waals surface area (Å²) in [5, 5.41) is 11.2. The number of benzene rings is 1. The number of hydrogen-bond donors (Lipinski definition) is 2. The highest BCUT2D eigenvalue weighted by Gasteiger charge is 2.16. The van der Waals surface area contributed by atoms with E-state index in [0.717, 1.165) is 0 Å². The van der Waals surface area contributed by atoms with Gasteiger partial charge in [0.2, 0.25) is 11.8 Å². The van der Waals surface area contributed by atoms with Gasteiger partial charge in [-0.25, -0.2) is 4.39 Å². The fraction of sp³-hybridized carbons (Fsp3) is 0.400. The summed E-state index contributed by atoms with van der Waals surface area (Å²) in [6.45, 7) is 1.46. The van der Waals surface area contributed by atoms with Gasteiger partial charge in [0.05, 0.1) is 13.0 Å². The van der Waals surface area contributed by atoms with E-state index in [0.29, 0.717) is 18.5 Å². The van der Waals surface area contributed by atoms with Crippen LogP contribution in [-0.4, -0.2) is 47.4 Å². The number of carbonyl (C=O) groups excluding carboxylic acids is 2. The molecule has 0 fully saturated rings. The molecule has 0 heterocycles. The Hall–Kier alpha value is -2.44. The highest BCUT2D eigenvalue weighted by atomic mass is 19.1. The van der Waals surface area contributed by atoms with Gasteiger partial charge in [-0.3, -0.25) is 14.4 Å². The van der Waals surface area contributed by atoms with Crippen LogP contribution in [0.5, 0.6) is 0 Å². The van der Waals surface area contributed by atoms with Gasteiger partial charge in [-0.05, 0) is 24.1 Å². The molecule has 0 unspecified atom stereocenters. The van der Waals surface area contributed by atoms with Gasteiger partial charge < -0.3 is 15.3 Å². The molecule has 0 radical (unpaired) electrons. The molecule has 2 amide bonds. The van der Waals surface area contributed by atoms with Crippen molar-refractivity contribution in [3.63, 3.8) is 0 Å². The molecule has 120 valence electrons. The maximum atomic E-state index is 13.0. The van der Waals surface area contributed by atoms with Gasteiger partial charge in [0, 0.05) is 6.54 Å². The quantitative estimate of drug-likeness (QED) is 0.744. The average Bonchev–Trinajstić information content (AvgIpc) is 2.44. The van der Waals surface area contributed by atoms with Crippen LogP contribution in [0.4, 0.5) is 4.39 Å². The molecule has 0 aliphatic rings. The Morgan fingerprint density at radius 3 is 2.64 bits per heavy atom. The lowest BCUT2D eigenvalue weighted by atomic mass is 10.1. The molecule has 0 aliphatic carbocycles. The predicted octanol–water partition coefficient (Wildman–Crippen LogP) is 0.808. The number of carboxylic acids is 1. The van der Waals surface area contributed by atoms with Crippen molar-refractivity contribution in [3.05, 3.63) is 35.6 Å². The third-order valence-electron chi connectivity index (χ3n) is 2.86. The molecule has 1 aromatic rings. The second kappa shape index (κ2) is 8.76. The van der Waals surface area contributed by atoms with Crippen molar-refractivity contribution in [2.24, 2.45) is 0 Å². The van der Waals surface area contributed by atoms with Crippen LogP contribution >= 0.6 is 0 Å². The normalized spacial score (nSPS) is 10.1. The van der Waals surface area contributed by atoms with Crippen molar-refractivity contribution in [1.82, 2.24) is 10.2 Å². The summed E-state index contributed by atoms with van der Waals surface area (Å²) in [7, 11) is 0. The lowest BCUT2D eigenvalue weighted by Gasteiger charge is -2.20. The molecule has 2 N–H and O–H groups in total. The molecule has 0 aliphatic heterocycles. The SMILES string of the molecule is CCCN(CC(=O)O)C(=O)CNC(=O)Cc1cccc(F)c1. The topological polar surface area (TPSA) is 86.7 Å². The molecule has 1 aromatic carbocycles. The minimum atomic E-state index is -1.10. The summed E-state index contributed by atoms with van der Waals surface area (Å²) in [5.74, 6) is -2.42. The van der Waals surface area contributed by atoms with Gasteiger partial charge in [-0.15, -0.1) is 0 Å². The first-order chi connectivity index (χ1) is 10.4. The van der Waals surface area contributed by atoms with Crippen LogP contribution in [0.1, 0.15) is 18.9 Å². The number of halogens is 1. The Kier molecular flexibility index (Phi) is 7.01. The van der Waals surface area contributed by atoms with E-state index in [1.54, 1.807) is 6.07 Å². The zero-order valence-corrected chi connectivity index (χ0v) is 12.3. The van der Waals surface area contributed by atoms with Crippen LogP contribution in [0.15, 0.2) is 24.3 Å². The number of amides is 2. The van der Waals surface area contributed by atoms with Crippen molar-refractivity contribution in [1.29, 1.82) is 0 Å². The van der Waals surface area contributed by atoms with Gasteiger partial charge in [0.1, 0.15) is 12.4 Å². The summed E-state index contributed by atoms with van der Waals surface area (Å²) in [6.07, 6.45) is 0.577. The number of aliphatic carboxylic acids is 1. The Morgan fingerprint density at radius 2 is 2.05 bits per heavy atom. The Morgan fingerprint density at radius 1 is 1.32 bits per heavy atom. The minimum Gasteiger partial charge on any atom is -0.480 e. The van der Waals surface area contributed by atoms with Gasteiger partial charge in [0.15, 0.2) is 0 Å². The standard InChI is InChI=1S/C15H19FN2O4/c1-2-6-18(10-15(21)22)14(20)9-17-13(19)8-11-4-3-5-12(16)7-11/h3-5,7H,2,6,8-10H2,1H3,(H,17,19)(H,21,22). The van der Waals surface area contributed by atoms with Gasteiger partial charge in [-0.1, -0.05) is 19.1 Å². The van der Waals surface area contributed by atoms with E-state index in [9.17, 15) is 18.8 Å². The molecular weight excluding hydrogens is 291 g/mol. The van der Waals surface area contributed by atoms with Crippen LogP contribution in [0.3, 0.4) is 0 Å². The Bertz CT molecular complexity index is 548. The first-order valence-electron chi connectivity index (χ1n) is 6.93. The van der Waals surface area contributed by atoms with Gasteiger partial charge in [-0.2, -0.15) is 0 Å². The lowest BCUT2D eigenvalue weighted by molar-refractivity contribution is -0.144. The van der Waals surface area contributed by atoms with Crippen molar-refractivity contribution < 1.29 is 23.9 Å². The van der Waals surface area contributed by atoms with Crippen LogP contribution in [0.25, 0.3) is 0 Å². The number of hydrogen-bond acceptors (Lipinski definition) is 3. The summed E-state index contributed by atoms with van der Waals surface area (Å²) < 4.78 is 13.0. The van der Waals surface area contributed by atoms with Crippen molar-refractivity contribution >= 4 is 17.8 Å². The van der Waals surface area contributed by atoms with Crippen molar-refractivity contribution in [3.8, 4) is 0 Å². The second-order valence-corrected chi connectivity index (χ2v) is 4.79. The van der Waals surface area contributed by atoms with Gasteiger partial charge >= 0.3 is 5.97 Å². The molecule has 22 heavy (non-hydrogen) atoms. The highest BCUT2D eigenvalue weighted by Crippen LogP contribution is 2.04. The first kappa shape index (κ1) is 17.6. The largest absolute Gasteiger partial charge is 0.480 e. The monoisotopic (exact) mass is 310 g/mol. The number of carbonyl (C=O) groups is 3. The molecule has 1 rings (SSSR count). The van der Waals surface area contributed by atoms with E-state index in [-0.39, 0.29) is 13.0 Å². The molecular formula is C15H19FN2O4. The number of nitrogens with one attached hydrogen (secondary N) is 1. The van der Waals surface area contributed by atoms with Crippen LogP contribution < -0.4 is 5.32 Å². The lowest BCUT2D eigenvalue weighted by Crippen LogP contribution is -2.43. The molecule has 6 nitrogen and oxygen atoms in total. The van der Waals surface area contributed by atoms with Crippen LogP contribution in [0, 0.1) is 5.82 Å². The van der Waals surface area contributed by atoms with Crippen molar-refractivity contribution in [2.75, 3.05) is 19.6 Å². The number of rotatable bonds is 8. The molecule has 0 saturated heterocycles. The predicted molar refractivity (Wildman–Crippen MR) is 77.6 cm³/mol. The average molecular weight is 310 g/mol. The summed E-state index contributed by atoms with van der Waals surface area (Å²) >= 11 is 0. The first-order valence-corrected chi connectivity index (χ1v) is 6.93. The van der Waals surface area contributed by atoms with E-state index < -0.39 is 30.1 Å². The molecule has 0 aromatic heterocycles. The summed E-state index contributed by atoms with van der Waals surface area (Å²) in [5.41, 5.74) is 0.501. The number of nitrogens with zero attached hydrogens (tertiary/aromatic N) is 1. The molecule has 0 atom stereocenters. The molecule has 7 heteroatoms. The van der Waals surface area contributed by atoms with E-state index in [4.69, 9.17) is 5.11 Å². The van der Waals surface area contributed by atoms with Gasteiger partial charge in [0.25, 0.3) is 0 Å². The van der Waals surface area contributed by atoms with E-state index in [1.807, 2.05) is 6.92 Å². The minimum absolute atomic E-state index is 0.0439. The molecule has 0 saturated carbocycles. The van der Waals surface area contributed by atoms with Crippen LogP contribution in [-0.2, 0) is 20.8 Å². The summed E-state index contributed by atoms with van der Waals surface area (Å²) in [6, 6.07) is 5.63. The van der Waals surface area contributed by atoms with E-state index >= 15 is 0 Å². The highest BCUT2D eigenvalue weighted by molar-refractivity contribution is 5.87. The van der Waals surface area contributed by atoms with Crippen molar-refractivity contribution in [2.45, 2.75) is 19.8 Å². The fourth-order valence-electron chi connectivity index (χ4n) is 1.91. The third kappa shape index (κ3) is 6.34. The summed E-state index contributed by atoms with van der Waals surface area (Å²) in [4.78, 5) is 35.4. The van der Waals surface area contributed by atoms with E-state index in [1.165, 1.54) is 23.1 Å². The third-order valence-corrected chi connectivity index (χ3v) is 2.86. The van der Waals surface area contributed by atoms with E-state index in [2.05, 4.69) is 5.32 Å².